The zero-order chi connectivity index (χ0) is 19.3. The molecule has 0 saturated carbocycles. The summed E-state index contributed by atoms with van der Waals surface area (Å²) in [6.07, 6.45) is 0.235. The Hall–Kier alpha value is -3.39. The summed E-state index contributed by atoms with van der Waals surface area (Å²) in [5, 5.41) is 18.1. The van der Waals surface area contributed by atoms with Crippen LogP contribution in [0.4, 0.5) is 5.69 Å². The number of carbonyl (C=O) groups is 1. The third-order valence-electron chi connectivity index (χ3n) is 4.03. The van der Waals surface area contributed by atoms with Crippen LogP contribution in [0.1, 0.15) is 16.3 Å². The predicted molar refractivity (Wildman–Crippen MR) is 108 cm³/mol. The Labute approximate surface area is 166 Å². The summed E-state index contributed by atoms with van der Waals surface area (Å²) < 4.78 is 0. The van der Waals surface area contributed by atoms with Crippen molar-refractivity contribution in [2.24, 2.45) is 0 Å². The van der Waals surface area contributed by atoms with Crippen LogP contribution in [0.2, 0.25) is 0 Å². The molecule has 2 heterocycles. The molecule has 1 amide bonds. The largest absolute Gasteiger partial charge is 0.326 e. The molecule has 140 valence electrons. The standard InChI is InChI=1S/C20H18N6OS/c1-14-7-9-15(10-8-14)20-23-25-26(24-20)12-17-13-28-19(22-17)11-18(27)21-16-5-3-2-4-6-16/h2-10,13H,11-12H2,1H3,(H,21,27). The second-order valence-corrected chi connectivity index (χ2v) is 7.28. The first-order chi connectivity index (χ1) is 13.7. The van der Waals surface area contributed by atoms with Crippen molar-refractivity contribution in [3.63, 3.8) is 0 Å². The molecule has 4 rings (SSSR count). The van der Waals surface area contributed by atoms with Crippen molar-refractivity contribution < 1.29 is 4.79 Å². The van der Waals surface area contributed by atoms with Gasteiger partial charge in [0.25, 0.3) is 0 Å². The SMILES string of the molecule is Cc1ccc(-c2nnn(Cc3csc(CC(=O)Nc4ccccc4)n3)n2)cc1. The number of carbonyl (C=O) groups excluding carboxylic acids is 1. The van der Waals surface area contributed by atoms with Crippen LogP contribution in [-0.4, -0.2) is 31.1 Å². The van der Waals surface area contributed by atoms with Crippen molar-refractivity contribution in [3.05, 3.63) is 76.2 Å². The molecule has 0 aliphatic heterocycles. The molecule has 0 unspecified atom stereocenters. The van der Waals surface area contributed by atoms with Gasteiger partial charge in [0.2, 0.25) is 11.7 Å². The number of benzene rings is 2. The number of nitrogens with one attached hydrogen (secondary N) is 1. The van der Waals surface area contributed by atoms with E-state index in [0.29, 0.717) is 12.4 Å². The average molecular weight is 390 g/mol. The van der Waals surface area contributed by atoms with Gasteiger partial charge in [0.1, 0.15) is 11.6 Å². The summed E-state index contributed by atoms with van der Waals surface area (Å²) in [6.45, 7) is 2.45. The Kier molecular flexibility index (Phi) is 5.20. The highest BCUT2D eigenvalue weighted by Crippen LogP contribution is 2.16. The first kappa shape index (κ1) is 18.0. The summed E-state index contributed by atoms with van der Waals surface area (Å²) in [6, 6.07) is 17.4. The number of para-hydroxylation sites is 1. The molecule has 2 aromatic heterocycles. The first-order valence-electron chi connectivity index (χ1n) is 8.79. The van der Waals surface area contributed by atoms with Crippen LogP contribution in [-0.2, 0) is 17.8 Å². The zero-order valence-electron chi connectivity index (χ0n) is 15.2. The third kappa shape index (κ3) is 4.47. The van der Waals surface area contributed by atoms with Gasteiger partial charge < -0.3 is 5.32 Å². The molecule has 0 saturated heterocycles. The molecule has 4 aromatic rings. The Morgan fingerprint density at radius 2 is 1.89 bits per heavy atom. The molecular formula is C20H18N6OS. The van der Waals surface area contributed by atoms with Gasteiger partial charge in [-0.3, -0.25) is 4.79 Å². The molecule has 1 N–H and O–H groups in total. The van der Waals surface area contributed by atoms with Gasteiger partial charge in [-0.15, -0.1) is 21.5 Å². The number of rotatable bonds is 6. The van der Waals surface area contributed by atoms with E-state index < -0.39 is 0 Å². The van der Waals surface area contributed by atoms with E-state index in [1.165, 1.54) is 21.7 Å². The molecule has 8 heteroatoms. The Morgan fingerprint density at radius 3 is 2.68 bits per heavy atom. The van der Waals surface area contributed by atoms with E-state index in [4.69, 9.17) is 0 Å². The van der Waals surface area contributed by atoms with E-state index in [2.05, 4.69) is 25.7 Å². The quantitative estimate of drug-likeness (QED) is 0.546. The van der Waals surface area contributed by atoms with E-state index in [1.807, 2.05) is 66.9 Å². The minimum atomic E-state index is -0.0901. The van der Waals surface area contributed by atoms with Crippen molar-refractivity contribution in [2.45, 2.75) is 19.9 Å². The molecule has 0 fully saturated rings. The van der Waals surface area contributed by atoms with Crippen LogP contribution in [0, 0.1) is 6.92 Å². The summed E-state index contributed by atoms with van der Waals surface area (Å²) >= 11 is 1.45. The summed E-state index contributed by atoms with van der Waals surface area (Å²) in [5.41, 5.74) is 3.69. The Bertz CT molecular complexity index is 1070. The maximum atomic E-state index is 12.1. The summed E-state index contributed by atoms with van der Waals surface area (Å²) in [7, 11) is 0. The molecule has 0 aliphatic carbocycles. The van der Waals surface area contributed by atoms with Crippen molar-refractivity contribution >= 4 is 22.9 Å². The van der Waals surface area contributed by atoms with Gasteiger partial charge in [-0.25, -0.2) is 4.98 Å². The molecule has 0 radical (unpaired) electrons. The smallest absolute Gasteiger partial charge is 0.231 e. The number of anilines is 1. The maximum Gasteiger partial charge on any atom is 0.231 e. The normalized spacial score (nSPS) is 10.8. The lowest BCUT2D eigenvalue weighted by molar-refractivity contribution is -0.115. The van der Waals surface area contributed by atoms with Crippen LogP contribution < -0.4 is 5.32 Å². The van der Waals surface area contributed by atoms with Crippen LogP contribution in [0.15, 0.2) is 60.0 Å². The molecule has 2 aromatic carbocycles. The summed E-state index contributed by atoms with van der Waals surface area (Å²) in [4.78, 5) is 18.2. The van der Waals surface area contributed by atoms with E-state index in [-0.39, 0.29) is 12.3 Å². The lowest BCUT2D eigenvalue weighted by atomic mass is 10.1. The number of hydrogen-bond acceptors (Lipinski definition) is 6. The second-order valence-electron chi connectivity index (χ2n) is 6.33. The minimum absolute atomic E-state index is 0.0901. The lowest BCUT2D eigenvalue weighted by Gasteiger charge is -2.02. The molecule has 0 spiro atoms. The van der Waals surface area contributed by atoms with Gasteiger partial charge in [-0.1, -0.05) is 48.0 Å². The van der Waals surface area contributed by atoms with Crippen LogP contribution in [0.5, 0.6) is 0 Å². The summed E-state index contributed by atoms with van der Waals surface area (Å²) in [5.74, 6) is 0.491. The molecule has 28 heavy (non-hydrogen) atoms. The van der Waals surface area contributed by atoms with Crippen LogP contribution >= 0.6 is 11.3 Å². The van der Waals surface area contributed by atoms with Gasteiger partial charge in [-0.05, 0) is 24.3 Å². The van der Waals surface area contributed by atoms with Crippen molar-refractivity contribution in [3.8, 4) is 11.4 Å². The van der Waals surface area contributed by atoms with Crippen LogP contribution in [0.3, 0.4) is 0 Å². The second kappa shape index (κ2) is 8.10. The van der Waals surface area contributed by atoms with E-state index >= 15 is 0 Å². The zero-order valence-corrected chi connectivity index (χ0v) is 16.1. The van der Waals surface area contributed by atoms with E-state index in [0.717, 1.165) is 22.0 Å². The van der Waals surface area contributed by atoms with Crippen molar-refractivity contribution in [1.29, 1.82) is 0 Å². The van der Waals surface area contributed by atoms with Gasteiger partial charge in [0.15, 0.2) is 0 Å². The number of aromatic nitrogens is 5. The average Bonchev–Trinajstić information content (AvgIpc) is 3.33. The van der Waals surface area contributed by atoms with Gasteiger partial charge in [0.05, 0.1) is 12.1 Å². The van der Waals surface area contributed by atoms with Crippen molar-refractivity contribution in [1.82, 2.24) is 25.2 Å². The Balaban J connectivity index is 1.37. The fraction of sp³-hybridized carbons (Fsp3) is 0.150. The highest BCUT2D eigenvalue weighted by molar-refractivity contribution is 7.09. The molecular weight excluding hydrogens is 372 g/mol. The highest BCUT2D eigenvalue weighted by atomic mass is 32.1. The van der Waals surface area contributed by atoms with E-state index in [1.54, 1.807) is 0 Å². The maximum absolute atomic E-state index is 12.1. The number of aryl methyl sites for hydroxylation is 1. The lowest BCUT2D eigenvalue weighted by Crippen LogP contribution is -2.14. The first-order valence-corrected chi connectivity index (χ1v) is 9.67. The highest BCUT2D eigenvalue weighted by Gasteiger charge is 2.11. The van der Waals surface area contributed by atoms with Gasteiger partial charge in [-0.2, -0.15) is 4.80 Å². The fourth-order valence-corrected chi connectivity index (χ4v) is 3.42. The number of hydrogen-bond donors (Lipinski definition) is 1. The monoisotopic (exact) mass is 390 g/mol. The molecule has 0 bridgehead atoms. The Morgan fingerprint density at radius 1 is 1.11 bits per heavy atom. The van der Waals surface area contributed by atoms with Gasteiger partial charge in [0, 0.05) is 16.6 Å². The molecule has 0 atom stereocenters. The fourth-order valence-electron chi connectivity index (χ4n) is 2.64. The minimum Gasteiger partial charge on any atom is -0.326 e. The number of thiazole rings is 1. The van der Waals surface area contributed by atoms with Gasteiger partial charge >= 0.3 is 0 Å². The predicted octanol–water partition coefficient (Wildman–Crippen LogP) is 3.33. The topological polar surface area (TPSA) is 85.6 Å². The van der Waals surface area contributed by atoms with Crippen molar-refractivity contribution in [2.75, 3.05) is 5.32 Å². The molecule has 7 nitrogen and oxygen atoms in total. The van der Waals surface area contributed by atoms with Crippen LogP contribution in [0.25, 0.3) is 11.4 Å². The third-order valence-corrected chi connectivity index (χ3v) is 4.93. The number of amides is 1. The van der Waals surface area contributed by atoms with E-state index in [9.17, 15) is 4.79 Å². The number of nitrogens with zero attached hydrogens (tertiary/aromatic N) is 5. The molecule has 0 aliphatic rings. The number of tetrazole rings is 1.